The Kier molecular flexibility index (Phi) is 2.88. The highest BCUT2D eigenvalue weighted by molar-refractivity contribution is 6.17. The number of nitro benzene ring substituents is 1. The smallest absolute Gasteiger partial charge is 0.258 e. The van der Waals surface area contributed by atoms with Crippen molar-refractivity contribution in [1.29, 1.82) is 0 Å². The maximum absolute atomic E-state index is 10.6. The fourth-order valence-corrected chi connectivity index (χ4v) is 1.54. The van der Waals surface area contributed by atoms with Crippen molar-refractivity contribution in [3.63, 3.8) is 0 Å². The lowest BCUT2D eigenvalue weighted by atomic mass is 10.0. The molecule has 0 saturated heterocycles. The molecule has 0 bridgehead atoms. The predicted octanol–water partition coefficient (Wildman–Crippen LogP) is 2.95. The van der Waals surface area contributed by atoms with Crippen LogP contribution in [0.1, 0.15) is 16.7 Å². The van der Waals surface area contributed by atoms with Crippen molar-refractivity contribution < 1.29 is 4.92 Å². The van der Waals surface area contributed by atoms with Gasteiger partial charge in [0.25, 0.3) is 5.69 Å². The van der Waals surface area contributed by atoms with Gasteiger partial charge in [-0.3, -0.25) is 10.1 Å². The highest BCUT2D eigenvalue weighted by atomic mass is 35.5. The molecule has 1 aromatic carbocycles. The van der Waals surface area contributed by atoms with Crippen LogP contribution in [0, 0.1) is 24.0 Å². The SMILES string of the molecule is Cc1ccc([N+](=O)[O-])c(CCl)c1C. The highest BCUT2D eigenvalue weighted by Crippen LogP contribution is 2.25. The molecule has 0 aliphatic heterocycles. The molecule has 0 radical (unpaired) electrons. The number of halogens is 1. The molecule has 0 amide bonds. The van der Waals surface area contributed by atoms with Crippen molar-refractivity contribution in [2.45, 2.75) is 19.7 Å². The quantitative estimate of drug-likeness (QED) is 0.418. The third-order valence-electron chi connectivity index (χ3n) is 2.17. The van der Waals surface area contributed by atoms with Gasteiger partial charge in [0, 0.05) is 11.6 Å². The normalized spacial score (nSPS) is 10.1. The third-order valence-corrected chi connectivity index (χ3v) is 2.44. The second-order valence-corrected chi connectivity index (χ2v) is 3.16. The van der Waals surface area contributed by atoms with E-state index in [0.717, 1.165) is 11.1 Å². The lowest BCUT2D eigenvalue weighted by Gasteiger charge is -2.05. The number of nitro groups is 1. The van der Waals surface area contributed by atoms with Gasteiger partial charge in [-0.15, -0.1) is 11.6 Å². The molecule has 0 N–H and O–H groups in total. The van der Waals surface area contributed by atoms with Gasteiger partial charge in [0.15, 0.2) is 0 Å². The highest BCUT2D eigenvalue weighted by Gasteiger charge is 2.15. The van der Waals surface area contributed by atoms with Gasteiger partial charge >= 0.3 is 0 Å². The van der Waals surface area contributed by atoms with Gasteiger partial charge in [0.1, 0.15) is 0 Å². The molecule has 1 aromatic rings. The molecule has 0 aliphatic carbocycles. The molecule has 0 fully saturated rings. The van der Waals surface area contributed by atoms with Crippen LogP contribution < -0.4 is 0 Å². The van der Waals surface area contributed by atoms with Crippen molar-refractivity contribution in [2.24, 2.45) is 0 Å². The van der Waals surface area contributed by atoms with Crippen molar-refractivity contribution in [1.82, 2.24) is 0 Å². The monoisotopic (exact) mass is 199 g/mol. The fraction of sp³-hybridized carbons (Fsp3) is 0.333. The summed E-state index contributed by atoms with van der Waals surface area (Å²) in [5.74, 6) is 0.184. The molecule has 0 aromatic heterocycles. The van der Waals surface area contributed by atoms with Crippen LogP contribution in [0.3, 0.4) is 0 Å². The average Bonchev–Trinajstić information content (AvgIpc) is 2.09. The Morgan fingerprint density at radius 1 is 1.46 bits per heavy atom. The Morgan fingerprint density at radius 2 is 2.08 bits per heavy atom. The van der Waals surface area contributed by atoms with Gasteiger partial charge in [0.05, 0.1) is 10.8 Å². The van der Waals surface area contributed by atoms with Crippen molar-refractivity contribution in [2.75, 3.05) is 0 Å². The van der Waals surface area contributed by atoms with E-state index in [-0.39, 0.29) is 11.6 Å². The molecule has 0 heterocycles. The molecular weight excluding hydrogens is 190 g/mol. The number of hydrogen-bond acceptors (Lipinski definition) is 2. The van der Waals surface area contributed by atoms with E-state index in [4.69, 9.17) is 11.6 Å². The molecule has 0 aliphatic rings. The number of alkyl halides is 1. The zero-order valence-electron chi connectivity index (χ0n) is 7.50. The number of nitrogens with zero attached hydrogens (tertiary/aromatic N) is 1. The summed E-state index contributed by atoms with van der Waals surface area (Å²) in [7, 11) is 0. The molecule has 0 saturated carbocycles. The van der Waals surface area contributed by atoms with E-state index in [2.05, 4.69) is 0 Å². The molecular formula is C9H10ClNO2. The van der Waals surface area contributed by atoms with Gasteiger partial charge in [0.2, 0.25) is 0 Å². The topological polar surface area (TPSA) is 43.1 Å². The molecule has 4 heteroatoms. The minimum Gasteiger partial charge on any atom is -0.258 e. The van der Waals surface area contributed by atoms with Crippen LogP contribution in [0.2, 0.25) is 0 Å². The lowest BCUT2D eigenvalue weighted by Crippen LogP contribution is -1.97. The minimum absolute atomic E-state index is 0.109. The Hall–Kier alpha value is -1.09. The van der Waals surface area contributed by atoms with Crippen molar-refractivity contribution >= 4 is 17.3 Å². The van der Waals surface area contributed by atoms with E-state index in [1.165, 1.54) is 6.07 Å². The van der Waals surface area contributed by atoms with Crippen LogP contribution in [-0.4, -0.2) is 4.92 Å². The maximum Gasteiger partial charge on any atom is 0.274 e. The van der Waals surface area contributed by atoms with Crippen molar-refractivity contribution in [3.8, 4) is 0 Å². The van der Waals surface area contributed by atoms with Crippen LogP contribution in [-0.2, 0) is 5.88 Å². The van der Waals surface area contributed by atoms with Gasteiger partial charge in [-0.25, -0.2) is 0 Å². The fourth-order valence-electron chi connectivity index (χ4n) is 1.20. The summed E-state index contributed by atoms with van der Waals surface area (Å²) in [6.45, 7) is 3.76. The summed E-state index contributed by atoms with van der Waals surface area (Å²) < 4.78 is 0. The van der Waals surface area contributed by atoms with E-state index in [1.807, 2.05) is 13.8 Å². The van der Waals surface area contributed by atoms with Crippen LogP contribution in [0.25, 0.3) is 0 Å². The second kappa shape index (κ2) is 3.75. The first-order chi connectivity index (χ1) is 6.07. The number of benzene rings is 1. The first-order valence-corrected chi connectivity index (χ1v) is 4.40. The molecule has 70 valence electrons. The van der Waals surface area contributed by atoms with E-state index in [0.29, 0.717) is 5.56 Å². The predicted molar refractivity (Wildman–Crippen MR) is 52.1 cm³/mol. The summed E-state index contributed by atoms with van der Waals surface area (Å²) in [4.78, 5) is 10.2. The Bertz CT molecular complexity index is 350. The van der Waals surface area contributed by atoms with E-state index in [9.17, 15) is 10.1 Å². The summed E-state index contributed by atoms with van der Waals surface area (Å²) in [6, 6.07) is 3.24. The van der Waals surface area contributed by atoms with Crippen LogP contribution >= 0.6 is 11.6 Å². The first-order valence-electron chi connectivity index (χ1n) is 3.87. The molecule has 0 atom stereocenters. The molecule has 13 heavy (non-hydrogen) atoms. The van der Waals surface area contributed by atoms with Gasteiger partial charge < -0.3 is 0 Å². The average molecular weight is 200 g/mol. The largest absolute Gasteiger partial charge is 0.274 e. The van der Waals surface area contributed by atoms with Crippen molar-refractivity contribution in [3.05, 3.63) is 38.9 Å². The lowest BCUT2D eigenvalue weighted by molar-refractivity contribution is -0.385. The van der Waals surface area contributed by atoms with Crippen LogP contribution in [0.5, 0.6) is 0 Å². The van der Waals surface area contributed by atoms with E-state index < -0.39 is 4.92 Å². The number of aryl methyl sites for hydroxylation is 1. The number of hydrogen-bond donors (Lipinski definition) is 0. The van der Waals surface area contributed by atoms with Gasteiger partial charge in [-0.05, 0) is 25.0 Å². The molecule has 1 rings (SSSR count). The minimum atomic E-state index is -0.399. The molecule has 0 spiro atoms. The van der Waals surface area contributed by atoms with Gasteiger partial charge in [-0.2, -0.15) is 0 Å². The zero-order valence-corrected chi connectivity index (χ0v) is 8.26. The summed E-state index contributed by atoms with van der Waals surface area (Å²) in [5, 5.41) is 10.6. The summed E-state index contributed by atoms with van der Waals surface area (Å²) in [6.07, 6.45) is 0. The Labute approximate surface area is 81.5 Å². The van der Waals surface area contributed by atoms with E-state index >= 15 is 0 Å². The summed E-state index contributed by atoms with van der Waals surface area (Å²) in [5.41, 5.74) is 2.66. The van der Waals surface area contributed by atoms with Crippen LogP contribution in [0.4, 0.5) is 5.69 Å². The second-order valence-electron chi connectivity index (χ2n) is 2.90. The summed E-state index contributed by atoms with van der Waals surface area (Å²) >= 11 is 5.65. The van der Waals surface area contributed by atoms with Gasteiger partial charge in [-0.1, -0.05) is 6.07 Å². The standard InChI is InChI=1S/C9H10ClNO2/c1-6-3-4-9(11(12)13)8(5-10)7(6)2/h3-4H,5H2,1-2H3. The molecule has 0 unspecified atom stereocenters. The maximum atomic E-state index is 10.6. The van der Waals surface area contributed by atoms with Crippen LogP contribution in [0.15, 0.2) is 12.1 Å². The Morgan fingerprint density at radius 3 is 2.54 bits per heavy atom. The first kappa shape index (κ1) is 9.99. The van der Waals surface area contributed by atoms with E-state index in [1.54, 1.807) is 6.07 Å². The third kappa shape index (κ3) is 1.80. The Balaban J connectivity index is 3.38. The number of rotatable bonds is 2. The zero-order chi connectivity index (χ0) is 10.0. The molecule has 3 nitrogen and oxygen atoms in total.